The monoisotopic (exact) mass is 238 g/mol. The van der Waals surface area contributed by atoms with E-state index in [0.717, 1.165) is 5.56 Å². The third-order valence-electron chi connectivity index (χ3n) is 2.42. The molecular formula is C13H15FO3. The van der Waals surface area contributed by atoms with Gasteiger partial charge in [-0.2, -0.15) is 0 Å². The molecule has 0 aliphatic carbocycles. The number of halogens is 1. The summed E-state index contributed by atoms with van der Waals surface area (Å²) in [6.07, 6.45) is 0.146. The van der Waals surface area contributed by atoms with Crippen molar-refractivity contribution < 1.29 is 18.7 Å². The summed E-state index contributed by atoms with van der Waals surface area (Å²) in [5, 5.41) is 0. The van der Waals surface area contributed by atoms with Crippen LogP contribution >= 0.6 is 0 Å². The van der Waals surface area contributed by atoms with Crippen LogP contribution in [0.1, 0.15) is 24.0 Å². The highest BCUT2D eigenvalue weighted by Gasteiger charge is 2.10. The van der Waals surface area contributed by atoms with Crippen LogP contribution in [0, 0.1) is 12.7 Å². The molecule has 0 atom stereocenters. The Balaban J connectivity index is 2.56. The first-order valence-corrected chi connectivity index (χ1v) is 5.36. The van der Waals surface area contributed by atoms with E-state index >= 15 is 0 Å². The fraction of sp³-hybridized carbons (Fsp3) is 0.385. The second-order valence-corrected chi connectivity index (χ2v) is 3.89. The zero-order valence-electron chi connectivity index (χ0n) is 9.96. The fourth-order valence-electron chi connectivity index (χ4n) is 1.48. The summed E-state index contributed by atoms with van der Waals surface area (Å²) in [7, 11) is 1.27. The topological polar surface area (TPSA) is 43.4 Å². The number of aryl methyl sites for hydroxylation is 1. The van der Waals surface area contributed by atoms with Gasteiger partial charge in [-0.15, -0.1) is 0 Å². The van der Waals surface area contributed by atoms with Crippen LogP contribution in [0.4, 0.5) is 4.39 Å². The molecule has 4 heteroatoms. The molecule has 3 nitrogen and oxygen atoms in total. The summed E-state index contributed by atoms with van der Waals surface area (Å²) in [5.41, 5.74) is 1.28. The van der Waals surface area contributed by atoms with E-state index in [-0.39, 0.29) is 30.9 Å². The van der Waals surface area contributed by atoms with Gasteiger partial charge < -0.3 is 4.74 Å². The molecule has 0 unspecified atom stereocenters. The van der Waals surface area contributed by atoms with Crippen LogP contribution in [0.3, 0.4) is 0 Å². The van der Waals surface area contributed by atoms with Crippen LogP contribution in [0.15, 0.2) is 18.2 Å². The predicted octanol–water partition coefficient (Wildman–Crippen LogP) is 2.20. The molecule has 1 rings (SSSR count). The van der Waals surface area contributed by atoms with Gasteiger partial charge in [0.25, 0.3) is 0 Å². The standard InChI is InChI=1S/C13H15FO3/c1-9-3-5-12(14)10(7-9)8-11(15)4-6-13(16)17-2/h3,5,7H,4,6,8H2,1-2H3. The van der Waals surface area contributed by atoms with Crippen LogP contribution in [-0.2, 0) is 20.7 Å². The number of carbonyl (C=O) groups excluding carboxylic acids is 2. The van der Waals surface area contributed by atoms with Crippen LogP contribution in [0.25, 0.3) is 0 Å². The number of hydrogen-bond acceptors (Lipinski definition) is 3. The summed E-state index contributed by atoms with van der Waals surface area (Å²) in [4.78, 5) is 22.4. The van der Waals surface area contributed by atoms with Gasteiger partial charge in [0.05, 0.1) is 13.5 Å². The largest absolute Gasteiger partial charge is 0.469 e. The first-order chi connectivity index (χ1) is 8.02. The van der Waals surface area contributed by atoms with E-state index in [1.54, 1.807) is 12.1 Å². The quantitative estimate of drug-likeness (QED) is 0.738. The smallest absolute Gasteiger partial charge is 0.305 e. The minimum absolute atomic E-state index is 0.0184. The molecule has 0 aromatic heterocycles. The Morgan fingerprint density at radius 1 is 1.29 bits per heavy atom. The van der Waals surface area contributed by atoms with Gasteiger partial charge in [-0.25, -0.2) is 4.39 Å². The van der Waals surface area contributed by atoms with Crippen molar-refractivity contribution in [3.8, 4) is 0 Å². The van der Waals surface area contributed by atoms with E-state index in [9.17, 15) is 14.0 Å². The van der Waals surface area contributed by atoms with Crippen LogP contribution in [0.2, 0.25) is 0 Å². The number of esters is 1. The van der Waals surface area contributed by atoms with Crippen LogP contribution in [0.5, 0.6) is 0 Å². The first kappa shape index (κ1) is 13.4. The van der Waals surface area contributed by atoms with Crippen LogP contribution in [-0.4, -0.2) is 18.9 Å². The second-order valence-electron chi connectivity index (χ2n) is 3.89. The van der Waals surface area contributed by atoms with Crippen molar-refractivity contribution in [3.05, 3.63) is 35.1 Å². The number of Topliss-reactive ketones (excluding diaryl/α,β-unsaturated/α-hetero) is 1. The van der Waals surface area contributed by atoms with Crippen molar-refractivity contribution in [2.24, 2.45) is 0 Å². The molecule has 0 aliphatic heterocycles. The minimum atomic E-state index is -0.428. The molecular weight excluding hydrogens is 223 g/mol. The lowest BCUT2D eigenvalue weighted by atomic mass is 10.0. The molecule has 0 amide bonds. The molecule has 0 bridgehead atoms. The fourth-order valence-corrected chi connectivity index (χ4v) is 1.48. The number of rotatable bonds is 5. The molecule has 0 N–H and O–H groups in total. The number of benzene rings is 1. The molecule has 1 aromatic rings. The molecule has 92 valence electrons. The van der Waals surface area contributed by atoms with Gasteiger partial charge in [-0.1, -0.05) is 17.7 Å². The van der Waals surface area contributed by atoms with E-state index in [1.165, 1.54) is 13.2 Å². The lowest BCUT2D eigenvalue weighted by Crippen LogP contribution is -2.09. The van der Waals surface area contributed by atoms with Crippen molar-refractivity contribution in [2.45, 2.75) is 26.2 Å². The van der Waals surface area contributed by atoms with Gasteiger partial charge in [0.1, 0.15) is 11.6 Å². The number of hydrogen-bond donors (Lipinski definition) is 0. The van der Waals surface area contributed by atoms with Crippen molar-refractivity contribution in [1.82, 2.24) is 0 Å². The maximum Gasteiger partial charge on any atom is 0.305 e. The maximum atomic E-state index is 13.4. The van der Waals surface area contributed by atoms with Crippen molar-refractivity contribution >= 4 is 11.8 Å². The average molecular weight is 238 g/mol. The first-order valence-electron chi connectivity index (χ1n) is 5.36. The zero-order valence-corrected chi connectivity index (χ0v) is 9.96. The highest BCUT2D eigenvalue weighted by atomic mass is 19.1. The highest BCUT2D eigenvalue weighted by molar-refractivity contribution is 5.84. The minimum Gasteiger partial charge on any atom is -0.469 e. The molecule has 0 fully saturated rings. The van der Waals surface area contributed by atoms with E-state index in [4.69, 9.17) is 0 Å². The number of ketones is 1. The van der Waals surface area contributed by atoms with Gasteiger partial charge in [-0.05, 0) is 18.6 Å². The third kappa shape index (κ3) is 4.34. The number of methoxy groups -OCH3 is 1. The Hall–Kier alpha value is -1.71. The number of carbonyl (C=O) groups is 2. The van der Waals surface area contributed by atoms with E-state index in [1.807, 2.05) is 6.92 Å². The Labute approximate surface area is 99.6 Å². The zero-order chi connectivity index (χ0) is 12.8. The molecule has 0 saturated heterocycles. The van der Waals surface area contributed by atoms with Crippen molar-refractivity contribution in [2.75, 3.05) is 7.11 Å². The van der Waals surface area contributed by atoms with E-state index < -0.39 is 5.97 Å². The highest BCUT2D eigenvalue weighted by Crippen LogP contribution is 2.12. The molecule has 0 saturated carbocycles. The Kier molecular flexibility index (Phi) is 4.82. The van der Waals surface area contributed by atoms with Crippen LogP contribution < -0.4 is 0 Å². The van der Waals surface area contributed by atoms with Gasteiger partial charge in [0.15, 0.2) is 0 Å². The lowest BCUT2D eigenvalue weighted by Gasteiger charge is -2.04. The van der Waals surface area contributed by atoms with E-state index in [0.29, 0.717) is 5.56 Å². The molecule has 0 spiro atoms. The molecule has 0 radical (unpaired) electrons. The Morgan fingerprint density at radius 3 is 2.65 bits per heavy atom. The second kappa shape index (κ2) is 6.13. The maximum absolute atomic E-state index is 13.4. The molecule has 1 aromatic carbocycles. The Morgan fingerprint density at radius 2 is 2.00 bits per heavy atom. The predicted molar refractivity (Wildman–Crippen MR) is 61.1 cm³/mol. The Bertz CT molecular complexity index is 427. The van der Waals surface area contributed by atoms with Gasteiger partial charge in [-0.3, -0.25) is 9.59 Å². The molecule has 0 heterocycles. The summed E-state index contributed by atoms with van der Waals surface area (Å²) in [6.45, 7) is 1.84. The summed E-state index contributed by atoms with van der Waals surface area (Å²) in [6, 6.07) is 4.64. The average Bonchev–Trinajstić information content (AvgIpc) is 2.30. The van der Waals surface area contributed by atoms with Crippen molar-refractivity contribution in [3.63, 3.8) is 0 Å². The normalized spacial score (nSPS) is 10.1. The third-order valence-corrected chi connectivity index (χ3v) is 2.42. The summed E-state index contributed by atoms with van der Waals surface area (Å²) in [5.74, 6) is -0.981. The summed E-state index contributed by atoms with van der Waals surface area (Å²) >= 11 is 0. The van der Waals surface area contributed by atoms with Crippen molar-refractivity contribution in [1.29, 1.82) is 0 Å². The SMILES string of the molecule is COC(=O)CCC(=O)Cc1cc(C)ccc1F. The lowest BCUT2D eigenvalue weighted by molar-refractivity contribution is -0.141. The summed E-state index contributed by atoms with van der Waals surface area (Å²) < 4.78 is 17.8. The molecule has 0 aliphatic rings. The van der Waals surface area contributed by atoms with Gasteiger partial charge in [0, 0.05) is 12.8 Å². The van der Waals surface area contributed by atoms with E-state index in [2.05, 4.69) is 4.74 Å². The van der Waals surface area contributed by atoms with Gasteiger partial charge >= 0.3 is 5.97 Å². The molecule has 17 heavy (non-hydrogen) atoms. The van der Waals surface area contributed by atoms with Gasteiger partial charge in [0.2, 0.25) is 0 Å². The number of ether oxygens (including phenoxy) is 1.